The molecule has 1 amide bonds. The Hall–Kier alpha value is -1.62. The molecule has 132 valence electrons. The van der Waals surface area contributed by atoms with Gasteiger partial charge in [-0.3, -0.25) is 4.79 Å². The highest BCUT2D eigenvalue weighted by molar-refractivity contribution is 6.45. The van der Waals surface area contributed by atoms with E-state index < -0.39 is 0 Å². The van der Waals surface area contributed by atoms with Crippen molar-refractivity contribution in [2.24, 2.45) is 0 Å². The van der Waals surface area contributed by atoms with Crippen molar-refractivity contribution < 1.29 is 9.90 Å². The third-order valence-corrected chi connectivity index (χ3v) is 5.37. The molecule has 3 rings (SSSR count). The molecule has 1 fully saturated rings. The standard InChI is InChI=1S/C18H17Cl3N2O2/c1-11-3-2-4-12(9-11)22-5-7-23(8-6-22)18(25)15-16(21)13(19)10-14(20)17(15)24/h2-4,9-10,24H,5-8H2,1H3. The molecule has 2 aromatic rings. The summed E-state index contributed by atoms with van der Waals surface area (Å²) < 4.78 is 0. The molecule has 0 aromatic heterocycles. The number of rotatable bonds is 2. The first-order valence-corrected chi connectivity index (χ1v) is 8.99. The molecular weight excluding hydrogens is 383 g/mol. The molecule has 0 radical (unpaired) electrons. The molecule has 0 unspecified atom stereocenters. The van der Waals surface area contributed by atoms with Crippen molar-refractivity contribution in [2.45, 2.75) is 6.92 Å². The summed E-state index contributed by atoms with van der Waals surface area (Å²) in [6, 6.07) is 9.58. The number of hydrogen-bond donors (Lipinski definition) is 1. The molecule has 1 aliphatic heterocycles. The number of aryl methyl sites for hydroxylation is 1. The van der Waals surface area contributed by atoms with Crippen LogP contribution in [-0.4, -0.2) is 42.1 Å². The molecule has 25 heavy (non-hydrogen) atoms. The zero-order chi connectivity index (χ0) is 18.1. The first-order chi connectivity index (χ1) is 11.9. The Kier molecular flexibility index (Phi) is 5.32. The fourth-order valence-corrected chi connectivity index (χ4v) is 3.62. The van der Waals surface area contributed by atoms with Gasteiger partial charge in [-0.05, 0) is 30.7 Å². The summed E-state index contributed by atoms with van der Waals surface area (Å²) in [5, 5.41) is 10.3. The lowest BCUT2D eigenvalue weighted by molar-refractivity contribution is 0.0744. The number of amides is 1. The van der Waals surface area contributed by atoms with Crippen molar-refractivity contribution in [3.63, 3.8) is 0 Å². The molecule has 0 atom stereocenters. The maximum Gasteiger partial charge on any atom is 0.259 e. The van der Waals surface area contributed by atoms with Crippen LogP contribution in [-0.2, 0) is 0 Å². The molecule has 1 saturated heterocycles. The van der Waals surface area contributed by atoms with Gasteiger partial charge >= 0.3 is 0 Å². The number of benzene rings is 2. The fraction of sp³-hybridized carbons (Fsp3) is 0.278. The zero-order valence-corrected chi connectivity index (χ0v) is 15.9. The van der Waals surface area contributed by atoms with Crippen LogP contribution in [0.1, 0.15) is 15.9 Å². The van der Waals surface area contributed by atoms with E-state index in [0.717, 1.165) is 5.69 Å². The van der Waals surface area contributed by atoms with Crippen LogP contribution in [0.3, 0.4) is 0 Å². The monoisotopic (exact) mass is 398 g/mol. The van der Waals surface area contributed by atoms with Gasteiger partial charge in [0.05, 0.1) is 15.1 Å². The maximum absolute atomic E-state index is 12.8. The van der Waals surface area contributed by atoms with E-state index in [9.17, 15) is 9.90 Å². The maximum atomic E-state index is 12.8. The van der Waals surface area contributed by atoms with Gasteiger partial charge in [-0.1, -0.05) is 46.9 Å². The molecule has 7 heteroatoms. The van der Waals surface area contributed by atoms with E-state index in [0.29, 0.717) is 26.2 Å². The van der Waals surface area contributed by atoms with Crippen LogP contribution in [0.2, 0.25) is 15.1 Å². The number of piperazine rings is 1. The van der Waals surface area contributed by atoms with Gasteiger partial charge in [-0.15, -0.1) is 0 Å². The van der Waals surface area contributed by atoms with Crippen molar-refractivity contribution in [1.29, 1.82) is 0 Å². The van der Waals surface area contributed by atoms with Crippen LogP contribution < -0.4 is 4.90 Å². The highest BCUT2D eigenvalue weighted by Gasteiger charge is 2.28. The second-order valence-corrected chi connectivity index (χ2v) is 7.19. The summed E-state index contributed by atoms with van der Waals surface area (Å²) in [6.07, 6.45) is 0. The van der Waals surface area contributed by atoms with E-state index in [1.807, 2.05) is 6.07 Å². The third kappa shape index (κ3) is 3.66. The second-order valence-electron chi connectivity index (χ2n) is 6.00. The second kappa shape index (κ2) is 7.32. The molecule has 0 saturated carbocycles. The average Bonchev–Trinajstić information content (AvgIpc) is 2.60. The van der Waals surface area contributed by atoms with Crippen LogP contribution in [0.5, 0.6) is 5.75 Å². The number of carbonyl (C=O) groups is 1. The van der Waals surface area contributed by atoms with E-state index in [2.05, 4.69) is 30.0 Å². The topological polar surface area (TPSA) is 43.8 Å². The average molecular weight is 400 g/mol. The Morgan fingerprint density at radius 3 is 2.36 bits per heavy atom. The van der Waals surface area contributed by atoms with Gasteiger partial charge in [0, 0.05) is 31.9 Å². The van der Waals surface area contributed by atoms with E-state index in [1.165, 1.54) is 11.6 Å². The first kappa shape index (κ1) is 18.2. The molecule has 1 aliphatic rings. The number of carbonyl (C=O) groups excluding carboxylic acids is 1. The van der Waals surface area contributed by atoms with Gasteiger partial charge in [-0.2, -0.15) is 0 Å². The normalized spacial score (nSPS) is 14.7. The smallest absolute Gasteiger partial charge is 0.259 e. The van der Waals surface area contributed by atoms with Crippen LogP contribution in [0.15, 0.2) is 30.3 Å². The largest absolute Gasteiger partial charge is 0.505 e. The molecule has 0 bridgehead atoms. The molecule has 1 heterocycles. The van der Waals surface area contributed by atoms with Crippen molar-refractivity contribution in [3.05, 3.63) is 56.5 Å². The quantitative estimate of drug-likeness (QED) is 0.749. The minimum atomic E-state index is -0.365. The summed E-state index contributed by atoms with van der Waals surface area (Å²) in [7, 11) is 0. The third-order valence-electron chi connectivity index (χ3n) is 4.29. The Labute approximate surface area is 161 Å². The van der Waals surface area contributed by atoms with Crippen molar-refractivity contribution in [2.75, 3.05) is 31.1 Å². The number of nitrogens with zero attached hydrogens (tertiary/aromatic N) is 2. The van der Waals surface area contributed by atoms with Crippen LogP contribution in [0.4, 0.5) is 5.69 Å². The minimum Gasteiger partial charge on any atom is -0.505 e. The van der Waals surface area contributed by atoms with Gasteiger partial charge in [0.1, 0.15) is 11.3 Å². The van der Waals surface area contributed by atoms with Gasteiger partial charge < -0.3 is 14.9 Å². The van der Waals surface area contributed by atoms with E-state index in [1.54, 1.807) is 4.90 Å². The van der Waals surface area contributed by atoms with E-state index in [4.69, 9.17) is 34.8 Å². The molecule has 1 N–H and O–H groups in total. The van der Waals surface area contributed by atoms with Crippen molar-refractivity contribution >= 4 is 46.4 Å². The predicted molar refractivity (Wildman–Crippen MR) is 102 cm³/mol. The molecular formula is C18H17Cl3N2O2. The molecule has 2 aromatic carbocycles. The lowest BCUT2D eigenvalue weighted by atomic mass is 10.1. The Bertz CT molecular complexity index is 792. The SMILES string of the molecule is Cc1cccc(N2CCN(C(=O)c3c(O)c(Cl)cc(Cl)c3Cl)CC2)c1. The molecule has 0 spiro atoms. The van der Waals surface area contributed by atoms with Gasteiger partial charge in [0.15, 0.2) is 0 Å². The summed E-state index contributed by atoms with van der Waals surface area (Å²) in [6.45, 7) is 4.49. The Morgan fingerprint density at radius 1 is 1.04 bits per heavy atom. The number of anilines is 1. The summed E-state index contributed by atoms with van der Waals surface area (Å²) in [4.78, 5) is 16.7. The van der Waals surface area contributed by atoms with Gasteiger partial charge in [0.2, 0.25) is 0 Å². The number of phenols is 1. The van der Waals surface area contributed by atoms with E-state index >= 15 is 0 Å². The molecule has 4 nitrogen and oxygen atoms in total. The van der Waals surface area contributed by atoms with Crippen molar-refractivity contribution in [1.82, 2.24) is 4.90 Å². The summed E-state index contributed by atoms with van der Waals surface area (Å²) in [5.41, 5.74) is 2.29. The first-order valence-electron chi connectivity index (χ1n) is 7.86. The number of phenolic OH excluding ortho intramolecular Hbond substituents is 1. The van der Waals surface area contributed by atoms with Gasteiger partial charge in [0.25, 0.3) is 5.91 Å². The summed E-state index contributed by atoms with van der Waals surface area (Å²) >= 11 is 18.0. The number of aromatic hydroxyl groups is 1. The Balaban J connectivity index is 1.77. The van der Waals surface area contributed by atoms with E-state index in [-0.39, 0.29) is 32.3 Å². The number of hydrogen-bond acceptors (Lipinski definition) is 3. The lowest BCUT2D eigenvalue weighted by Crippen LogP contribution is -2.48. The van der Waals surface area contributed by atoms with Gasteiger partial charge in [-0.25, -0.2) is 0 Å². The highest BCUT2D eigenvalue weighted by atomic mass is 35.5. The predicted octanol–water partition coefficient (Wildman–Crippen LogP) is 4.62. The minimum absolute atomic E-state index is 0.0103. The number of halogens is 3. The Morgan fingerprint density at radius 2 is 1.72 bits per heavy atom. The summed E-state index contributed by atoms with van der Waals surface area (Å²) in [5.74, 6) is -0.696. The molecule has 0 aliphatic carbocycles. The van der Waals surface area contributed by atoms with Crippen LogP contribution >= 0.6 is 34.8 Å². The van der Waals surface area contributed by atoms with Crippen LogP contribution in [0, 0.1) is 6.92 Å². The zero-order valence-electron chi connectivity index (χ0n) is 13.6. The lowest BCUT2D eigenvalue weighted by Gasteiger charge is -2.36. The fourth-order valence-electron chi connectivity index (χ4n) is 2.93. The van der Waals surface area contributed by atoms with Crippen molar-refractivity contribution in [3.8, 4) is 5.75 Å². The highest BCUT2D eigenvalue weighted by Crippen LogP contribution is 2.39. The van der Waals surface area contributed by atoms with Crippen LogP contribution in [0.25, 0.3) is 0 Å².